The Morgan fingerprint density at radius 2 is 1.76 bits per heavy atom. The van der Waals surface area contributed by atoms with Crippen molar-refractivity contribution in [1.82, 2.24) is 9.97 Å². The van der Waals surface area contributed by atoms with Gasteiger partial charge in [0, 0.05) is 0 Å². The Morgan fingerprint density at radius 1 is 1.10 bits per heavy atom. The van der Waals surface area contributed by atoms with Crippen LogP contribution in [0.3, 0.4) is 0 Å². The Balaban J connectivity index is 2.03. The van der Waals surface area contributed by atoms with Gasteiger partial charge in [-0.05, 0) is 24.3 Å². The largest absolute Gasteiger partial charge is 0.391 e. The quantitative estimate of drug-likeness (QED) is 0.763. The van der Waals surface area contributed by atoms with Crippen LogP contribution in [0.4, 0.5) is 10.8 Å². The Kier molecular flexibility index (Phi) is 3.44. The molecule has 0 bridgehead atoms. The van der Waals surface area contributed by atoms with E-state index in [-0.39, 0.29) is 15.2 Å². The molecule has 0 aliphatic heterocycles. The Hall–Kier alpha value is -1.90. The van der Waals surface area contributed by atoms with E-state index in [9.17, 15) is 8.42 Å². The molecule has 0 saturated heterocycles. The van der Waals surface area contributed by atoms with Crippen LogP contribution < -0.4 is 10.5 Å². The minimum absolute atomic E-state index is 0.0117. The first-order chi connectivity index (χ1) is 9.95. The van der Waals surface area contributed by atoms with Gasteiger partial charge in [0.1, 0.15) is 4.21 Å². The number of thiophene rings is 1. The number of fused-ring (bicyclic) bond motifs is 1. The Bertz CT molecular complexity index is 924. The van der Waals surface area contributed by atoms with Gasteiger partial charge in [0.25, 0.3) is 10.0 Å². The fourth-order valence-electron chi connectivity index (χ4n) is 1.70. The van der Waals surface area contributed by atoms with E-state index >= 15 is 0 Å². The standard InChI is InChI=1S/C12H9ClN4O2S2/c13-11-12(16-8-4-2-1-3-7(8)15-11)17-21(18,19)10-6-5-9(14)20-10/h1-6H,14H2,(H,16,17). The monoisotopic (exact) mass is 340 g/mol. The molecule has 6 nitrogen and oxygen atoms in total. The Morgan fingerprint density at radius 3 is 2.38 bits per heavy atom. The number of para-hydroxylation sites is 2. The van der Waals surface area contributed by atoms with E-state index in [1.165, 1.54) is 12.1 Å². The highest BCUT2D eigenvalue weighted by molar-refractivity contribution is 7.94. The van der Waals surface area contributed by atoms with E-state index in [2.05, 4.69) is 14.7 Å². The zero-order valence-corrected chi connectivity index (χ0v) is 12.8. The fraction of sp³-hybridized carbons (Fsp3) is 0. The number of benzene rings is 1. The smallest absolute Gasteiger partial charge is 0.272 e. The third-order valence-corrected chi connectivity index (χ3v) is 5.63. The van der Waals surface area contributed by atoms with Crippen LogP contribution in [0.15, 0.2) is 40.6 Å². The van der Waals surface area contributed by atoms with E-state index < -0.39 is 10.0 Å². The highest BCUT2D eigenvalue weighted by Crippen LogP contribution is 2.27. The van der Waals surface area contributed by atoms with Gasteiger partial charge in [-0.15, -0.1) is 11.3 Å². The van der Waals surface area contributed by atoms with E-state index in [0.29, 0.717) is 16.0 Å². The lowest BCUT2D eigenvalue weighted by Crippen LogP contribution is -2.13. The minimum atomic E-state index is -3.78. The zero-order valence-electron chi connectivity index (χ0n) is 10.4. The topological polar surface area (TPSA) is 98.0 Å². The van der Waals surface area contributed by atoms with Crippen LogP contribution in [0.1, 0.15) is 0 Å². The molecule has 21 heavy (non-hydrogen) atoms. The maximum Gasteiger partial charge on any atom is 0.272 e. The second-order valence-corrected chi connectivity index (χ2v) is 7.50. The molecule has 0 radical (unpaired) electrons. The third-order valence-electron chi connectivity index (χ3n) is 2.63. The van der Waals surface area contributed by atoms with E-state index in [4.69, 9.17) is 17.3 Å². The number of aromatic nitrogens is 2. The average Bonchev–Trinajstić information content (AvgIpc) is 2.87. The minimum Gasteiger partial charge on any atom is -0.391 e. The van der Waals surface area contributed by atoms with Gasteiger partial charge >= 0.3 is 0 Å². The lowest BCUT2D eigenvalue weighted by Gasteiger charge is -2.07. The van der Waals surface area contributed by atoms with E-state index in [1.54, 1.807) is 24.3 Å². The van der Waals surface area contributed by atoms with Crippen molar-refractivity contribution in [1.29, 1.82) is 0 Å². The Labute approximate surface area is 129 Å². The third kappa shape index (κ3) is 2.78. The normalized spacial score (nSPS) is 11.7. The van der Waals surface area contributed by atoms with Crippen molar-refractivity contribution in [2.75, 3.05) is 10.5 Å². The molecule has 108 valence electrons. The molecule has 2 heterocycles. The highest BCUT2D eigenvalue weighted by atomic mass is 35.5. The van der Waals surface area contributed by atoms with E-state index in [0.717, 1.165) is 11.3 Å². The van der Waals surface area contributed by atoms with Crippen LogP contribution in [0.5, 0.6) is 0 Å². The second-order valence-electron chi connectivity index (χ2n) is 4.11. The van der Waals surface area contributed by atoms with Crippen LogP contribution in [-0.2, 0) is 10.0 Å². The number of rotatable bonds is 3. The van der Waals surface area contributed by atoms with Gasteiger partial charge in [-0.2, -0.15) is 0 Å². The molecule has 0 atom stereocenters. The van der Waals surface area contributed by atoms with Gasteiger partial charge in [0.2, 0.25) is 0 Å². The molecular formula is C12H9ClN4O2S2. The van der Waals surface area contributed by atoms with Crippen LogP contribution in [0.25, 0.3) is 11.0 Å². The molecule has 0 aliphatic carbocycles. The van der Waals surface area contributed by atoms with Crippen molar-refractivity contribution in [3.05, 3.63) is 41.6 Å². The number of hydrogen-bond acceptors (Lipinski definition) is 6. The number of halogens is 1. The predicted octanol–water partition coefficient (Wildman–Crippen LogP) is 2.73. The number of sulfonamides is 1. The summed E-state index contributed by atoms with van der Waals surface area (Å²) in [6.45, 7) is 0. The number of nitrogens with two attached hydrogens (primary N) is 1. The molecule has 0 spiro atoms. The molecule has 2 aromatic heterocycles. The second kappa shape index (κ2) is 5.14. The first-order valence-electron chi connectivity index (χ1n) is 5.76. The molecule has 9 heteroatoms. The van der Waals surface area contributed by atoms with Gasteiger partial charge < -0.3 is 5.73 Å². The number of nitrogens with one attached hydrogen (secondary N) is 1. The summed E-state index contributed by atoms with van der Waals surface area (Å²) in [5, 5.41) is 0.396. The van der Waals surface area contributed by atoms with Crippen LogP contribution in [0, 0.1) is 0 Å². The van der Waals surface area contributed by atoms with Gasteiger partial charge in [-0.25, -0.2) is 18.4 Å². The number of nitrogens with zero attached hydrogens (tertiary/aromatic N) is 2. The summed E-state index contributed by atoms with van der Waals surface area (Å²) < 4.78 is 26.9. The maximum atomic E-state index is 12.2. The molecule has 0 aliphatic rings. The van der Waals surface area contributed by atoms with Crippen LogP contribution in [-0.4, -0.2) is 18.4 Å². The summed E-state index contributed by atoms with van der Waals surface area (Å²) in [4.78, 5) is 8.29. The zero-order chi connectivity index (χ0) is 15.0. The van der Waals surface area contributed by atoms with Gasteiger partial charge in [-0.3, -0.25) is 4.72 Å². The molecular weight excluding hydrogens is 332 g/mol. The highest BCUT2D eigenvalue weighted by Gasteiger charge is 2.19. The van der Waals surface area contributed by atoms with E-state index in [1.807, 2.05) is 0 Å². The van der Waals surface area contributed by atoms with Crippen LogP contribution in [0.2, 0.25) is 5.15 Å². The molecule has 0 unspecified atom stereocenters. The van der Waals surface area contributed by atoms with Crippen molar-refractivity contribution in [3.63, 3.8) is 0 Å². The van der Waals surface area contributed by atoms with Crippen molar-refractivity contribution < 1.29 is 8.42 Å². The summed E-state index contributed by atoms with van der Waals surface area (Å²) in [5.41, 5.74) is 6.68. The molecule has 3 aromatic rings. The summed E-state index contributed by atoms with van der Waals surface area (Å²) >= 11 is 6.94. The van der Waals surface area contributed by atoms with Crippen molar-refractivity contribution >= 4 is 54.8 Å². The predicted molar refractivity (Wildman–Crippen MR) is 84.1 cm³/mol. The average molecular weight is 341 g/mol. The number of anilines is 2. The molecule has 3 N–H and O–H groups in total. The van der Waals surface area contributed by atoms with Crippen molar-refractivity contribution in [2.24, 2.45) is 0 Å². The molecule has 3 rings (SSSR count). The maximum absolute atomic E-state index is 12.2. The summed E-state index contributed by atoms with van der Waals surface area (Å²) in [6.07, 6.45) is 0. The van der Waals surface area contributed by atoms with Gasteiger partial charge in [0.15, 0.2) is 11.0 Å². The molecule has 0 fully saturated rings. The fourth-order valence-corrected chi connectivity index (χ4v) is 4.04. The van der Waals surface area contributed by atoms with Crippen molar-refractivity contribution in [3.8, 4) is 0 Å². The molecule has 0 amide bonds. The molecule has 1 aromatic carbocycles. The van der Waals surface area contributed by atoms with Crippen molar-refractivity contribution in [2.45, 2.75) is 4.21 Å². The number of hydrogen-bond donors (Lipinski definition) is 2. The first kappa shape index (κ1) is 14.1. The van der Waals surface area contributed by atoms with Gasteiger partial charge in [-0.1, -0.05) is 23.7 Å². The summed E-state index contributed by atoms with van der Waals surface area (Å²) in [6, 6.07) is 9.98. The summed E-state index contributed by atoms with van der Waals surface area (Å²) in [7, 11) is -3.78. The van der Waals surface area contributed by atoms with Crippen LogP contribution >= 0.6 is 22.9 Å². The lowest BCUT2D eigenvalue weighted by molar-refractivity contribution is 0.603. The first-order valence-corrected chi connectivity index (χ1v) is 8.44. The SMILES string of the molecule is Nc1ccc(S(=O)(=O)Nc2nc3ccccc3nc2Cl)s1. The summed E-state index contributed by atoms with van der Waals surface area (Å²) in [5.74, 6) is -0.0117. The number of nitrogen functional groups attached to an aromatic ring is 1. The lowest BCUT2D eigenvalue weighted by atomic mass is 10.3. The van der Waals surface area contributed by atoms with Gasteiger partial charge in [0.05, 0.1) is 16.0 Å². The molecule has 0 saturated carbocycles.